The monoisotopic (exact) mass is 351 g/mol. The summed E-state index contributed by atoms with van der Waals surface area (Å²) >= 11 is 0. The van der Waals surface area contributed by atoms with Crippen molar-refractivity contribution in [3.8, 4) is 0 Å². The van der Waals surface area contributed by atoms with Crippen LogP contribution in [-0.4, -0.2) is 44.6 Å². The first-order chi connectivity index (χ1) is 12.6. The van der Waals surface area contributed by atoms with Gasteiger partial charge in [0.05, 0.1) is 11.1 Å². The van der Waals surface area contributed by atoms with Gasteiger partial charge in [-0.15, -0.1) is 0 Å². The average molecular weight is 351 g/mol. The number of aryl methyl sites for hydroxylation is 1. The topological polar surface area (TPSA) is 97.0 Å². The lowest BCUT2D eigenvalue weighted by Crippen LogP contribution is -2.40. The number of hydrogen-bond acceptors (Lipinski definition) is 3. The highest BCUT2D eigenvalue weighted by Crippen LogP contribution is 2.29. The third-order valence-electron chi connectivity index (χ3n) is 5.12. The summed E-state index contributed by atoms with van der Waals surface area (Å²) < 4.78 is 1.74. The average Bonchev–Trinajstić information content (AvgIpc) is 3.27. The molecular formula is C19H21N5O2. The number of primary amides is 1. The molecule has 4 rings (SSSR count). The van der Waals surface area contributed by atoms with Gasteiger partial charge in [-0.05, 0) is 25.0 Å². The fourth-order valence-electron chi connectivity index (χ4n) is 3.85. The molecule has 2 amide bonds. The molecule has 1 aromatic carbocycles. The second kappa shape index (κ2) is 6.33. The molecule has 1 aliphatic rings. The number of carbonyl (C=O) groups excluding carboxylic acids is 2. The molecule has 1 saturated heterocycles. The zero-order chi connectivity index (χ0) is 18.3. The van der Waals surface area contributed by atoms with E-state index in [1.54, 1.807) is 16.9 Å². The highest BCUT2D eigenvalue weighted by molar-refractivity contribution is 6.05. The van der Waals surface area contributed by atoms with Crippen molar-refractivity contribution < 1.29 is 9.59 Å². The zero-order valence-electron chi connectivity index (χ0n) is 14.6. The van der Waals surface area contributed by atoms with E-state index in [1.165, 1.54) is 0 Å². The number of nitrogens with two attached hydrogens (primary N) is 1. The second-order valence-electron chi connectivity index (χ2n) is 6.75. The zero-order valence-corrected chi connectivity index (χ0v) is 14.6. The summed E-state index contributed by atoms with van der Waals surface area (Å²) in [6, 6.07) is 9.43. The number of benzene rings is 1. The van der Waals surface area contributed by atoms with Gasteiger partial charge >= 0.3 is 0 Å². The van der Waals surface area contributed by atoms with Gasteiger partial charge in [0.15, 0.2) is 5.69 Å². The molecule has 1 fully saturated rings. The minimum Gasteiger partial charge on any atom is -0.366 e. The Hall–Kier alpha value is -3.09. The van der Waals surface area contributed by atoms with Crippen LogP contribution >= 0.6 is 0 Å². The first-order valence-corrected chi connectivity index (χ1v) is 8.74. The van der Waals surface area contributed by atoms with E-state index in [4.69, 9.17) is 5.73 Å². The molecule has 2 aromatic heterocycles. The van der Waals surface area contributed by atoms with Crippen molar-refractivity contribution in [1.29, 1.82) is 0 Å². The molecule has 7 nitrogen and oxygen atoms in total. The van der Waals surface area contributed by atoms with Crippen molar-refractivity contribution in [3.05, 3.63) is 53.5 Å². The molecule has 26 heavy (non-hydrogen) atoms. The quantitative estimate of drug-likeness (QED) is 0.755. The number of piperidine rings is 1. The van der Waals surface area contributed by atoms with Gasteiger partial charge in [0, 0.05) is 43.3 Å². The normalized spacial score (nSPS) is 17.6. The number of H-pyrrole nitrogens is 1. The molecule has 1 aliphatic heterocycles. The van der Waals surface area contributed by atoms with E-state index in [1.807, 2.05) is 36.2 Å². The maximum Gasteiger partial charge on any atom is 0.275 e. The lowest BCUT2D eigenvalue weighted by molar-refractivity contribution is 0.0701. The number of likely N-dealkylation sites (tertiary alicyclic amines) is 1. The Morgan fingerprint density at radius 3 is 2.88 bits per heavy atom. The van der Waals surface area contributed by atoms with Crippen LogP contribution < -0.4 is 5.73 Å². The number of hydrogen-bond donors (Lipinski definition) is 2. The molecule has 3 N–H and O–H groups in total. The lowest BCUT2D eigenvalue weighted by Gasteiger charge is -2.32. The summed E-state index contributed by atoms with van der Waals surface area (Å²) in [5, 5.41) is 5.30. The molecular weight excluding hydrogens is 330 g/mol. The molecule has 0 bridgehead atoms. The predicted octanol–water partition coefficient (Wildman–Crippen LogP) is 2.02. The Bertz CT molecular complexity index is 987. The second-order valence-corrected chi connectivity index (χ2v) is 6.75. The summed E-state index contributed by atoms with van der Waals surface area (Å²) in [6.45, 7) is 1.23. The first kappa shape index (κ1) is 16.4. The van der Waals surface area contributed by atoms with Crippen LogP contribution in [0.3, 0.4) is 0 Å². The van der Waals surface area contributed by atoms with Crippen LogP contribution in [-0.2, 0) is 7.05 Å². The Balaban J connectivity index is 1.62. The van der Waals surface area contributed by atoms with Crippen molar-refractivity contribution in [2.75, 3.05) is 13.1 Å². The van der Waals surface area contributed by atoms with E-state index in [0.29, 0.717) is 24.3 Å². The summed E-state index contributed by atoms with van der Waals surface area (Å²) in [4.78, 5) is 29.7. The van der Waals surface area contributed by atoms with Crippen molar-refractivity contribution in [2.24, 2.45) is 12.8 Å². The number of para-hydroxylation sites is 1. The smallest absolute Gasteiger partial charge is 0.275 e. The number of nitrogens with one attached hydrogen (secondary N) is 1. The Labute approximate surface area is 150 Å². The minimum absolute atomic E-state index is 0.0696. The van der Waals surface area contributed by atoms with Crippen LogP contribution in [0.25, 0.3) is 10.9 Å². The fraction of sp³-hybridized carbons (Fsp3) is 0.316. The van der Waals surface area contributed by atoms with E-state index >= 15 is 0 Å². The lowest BCUT2D eigenvalue weighted by atomic mass is 9.92. The summed E-state index contributed by atoms with van der Waals surface area (Å²) in [7, 11) is 1.84. The van der Waals surface area contributed by atoms with Gasteiger partial charge in [-0.25, -0.2) is 0 Å². The summed E-state index contributed by atoms with van der Waals surface area (Å²) in [6.07, 6.45) is 3.51. The molecule has 0 spiro atoms. The van der Waals surface area contributed by atoms with Crippen LogP contribution in [0.2, 0.25) is 0 Å². The van der Waals surface area contributed by atoms with Crippen LogP contribution in [0, 0.1) is 0 Å². The van der Waals surface area contributed by atoms with E-state index < -0.39 is 5.91 Å². The number of aromatic amines is 1. The van der Waals surface area contributed by atoms with Gasteiger partial charge in [-0.3, -0.25) is 14.3 Å². The first-order valence-electron chi connectivity index (χ1n) is 8.74. The number of carbonyl (C=O) groups is 2. The van der Waals surface area contributed by atoms with Crippen LogP contribution in [0.4, 0.5) is 0 Å². The maximum absolute atomic E-state index is 13.1. The van der Waals surface area contributed by atoms with Crippen molar-refractivity contribution in [2.45, 2.75) is 18.8 Å². The molecule has 0 radical (unpaired) electrons. The predicted molar refractivity (Wildman–Crippen MR) is 97.9 cm³/mol. The Morgan fingerprint density at radius 2 is 2.08 bits per heavy atom. The van der Waals surface area contributed by atoms with Crippen LogP contribution in [0.15, 0.2) is 36.5 Å². The number of amides is 2. The Morgan fingerprint density at radius 1 is 1.27 bits per heavy atom. The van der Waals surface area contributed by atoms with E-state index in [2.05, 4.69) is 10.1 Å². The maximum atomic E-state index is 13.1. The molecule has 3 heterocycles. The van der Waals surface area contributed by atoms with Gasteiger partial charge < -0.3 is 15.6 Å². The highest BCUT2D eigenvalue weighted by Gasteiger charge is 2.30. The van der Waals surface area contributed by atoms with Crippen LogP contribution in [0.5, 0.6) is 0 Å². The minimum atomic E-state index is -0.444. The van der Waals surface area contributed by atoms with E-state index in [-0.39, 0.29) is 11.8 Å². The van der Waals surface area contributed by atoms with Crippen molar-refractivity contribution in [3.63, 3.8) is 0 Å². The van der Waals surface area contributed by atoms with Gasteiger partial charge in [0.2, 0.25) is 0 Å². The molecule has 134 valence electrons. The Kier molecular flexibility index (Phi) is 3.99. The van der Waals surface area contributed by atoms with Crippen molar-refractivity contribution >= 4 is 22.7 Å². The molecule has 7 heteroatoms. The largest absolute Gasteiger partial charge is 0.366 e. The molecule has 0 saturated carbocycles. The number of fused-ring (bicyclic) bond motifs is 1. The van der Waals surface area contributed by atoms with E-state index in [9.17, 15) is 9.59 Å². The van der Waals surface area contributed by atoms with Gasteiger partial charge in [-0.2, -0.15) is 5.10 Å². The molecule has 0 aliphatic carbocycles. The molecule has 1 atom stereocenters. The number of aromatic nitrogens is 3. The summed E-state index contributed by atoms with van der Waals surface area (Å²) in [5.74, 6) is -0.445. The van der Waals surface area contributed by atoms with Gasteiger partial charge in [0.1, 0.15) is 0 Å². The van der Waals surface area contributed by atoms with Gasteiger partial charge in [-0.1, -0.05) is 18.2 Å². The fourth-order valence-corrected chi connectivity index (χ4v) is 3.85. The third kappa shape index (κ3) is 2.65. The number of nitrogens with zero attached hydrogens (tertiary/aromatic N) is 3. The molecule has 3 aromatic rings. The third-order valence-corrected chi connectivity index (χ3v) is 5.12. The summed E-state index contributed by atoms with van der Waals surface area (Å²) in [5.41, 5.74) is 8.20. The van der Waals surface area contributed by atoms with E-state index in [0.717, 1.165) is 29.4 Å². The van der Waals surface area contributed by atoms with Crippen LogP contribution in [0.1, 0.15) is 45.3 Å². The highest BCUT2D eigenvalue weighted by atomic mass is 16.2. The van der Waals surface area contributed by atoms with Crippen molar-refractivity contribution in [1.82, 2.24) is 19.7 Å². The number of rotatable bonds is 3. The SMILES string of the molecule is Cn1nc(C(=O)N2CCCC(c3[nH]ccc3C(N)=O)C2)c2ccccc21. The standard InChI is InChI=1S/C19H21N5O2/c1-23-15-7-3-2-6-13(15)17(22-23)19(26)24-10-4-5-12(11-24)16-14(18(20)25)8-9-21-16/h2-3,6-9,12,21H,4-5,10-11H2,1H3,(H2,20,25). The van der Waals surface area contributed by atoms with Gasteiger partial charge in [0.25, 0.3) is 11.8 Å². The molecule has 1 unspecified atom stereocenters.